The Bertz CT molecular complexity index is 434. The van der Waals surface area contributed by atoms with Crippen LogP contribution in [0.15, 0.2) is 28.2 Å². The van der Waals surface area contributed by atoms with Gasteiger partial charge in [-0.25, -0.2) is 4.39 Å². The maximum Gasteiger partial charge on any atom is 0.124 e. The Labute approximate surface area is 94.9 Å². The van der Waals surface area contributed by atoms with Crippen LogP contribution in [-0.2, 0) is 0 Å². The molecule has 0 aliphatic heterocycles. The number of rotatable bonds is 1. The molecule has 0 aliphatic rings. The van der Waals surface area contributed by atoms with Crippen molar-refractivity contribution in [3.8, 4) is 6.07 Å². The zero-order valence-electron chi connectivity index (χ0n) is 7.31. The highest BCUT2D eigenvalue weighted by molar-refractivity contribution is 9.10. The van der Waals surface area contributed by atoms with Crippen molar-refractivity contribution in [1.29, 1.82) is 5.26 Å². The summed E-state index contributed by atoms with van der Waals surface area (Å²) >= 11 is 9.10. The van der Waals surface area contributed by atoms with Gasteiger partial charge in [-0.05, 0) is 25.1 Å². The SMILES string of the molecule is CC(C#N)=C(Cl)c1ccc(F)cc1Br. The average molecular weight is 275 g/mol. The quantitative estimate of drug-likeness (QED) is 0.708. The molecule has 0 radical (unpaired) electrons. The largest absolute Gasteiger partial charge is 0.207 e. The Morgan fingerprint density at radius 1 is 1.57 bits per heavy atom. The molecule has 0 amide bonds. The van der Waals surface area contributed by atoms with Crippen LogP contribution in [0.2, 0.25) is 0 Å². The van der Waals surface area contributed by atoms with Crippen LogP contribution in [0.5, 0.6) is 0 Å². The maximum atomic E-state index is 12.7. The smallest absolute Gasteiger partial charge is 0.124 e. The van der Waals surface area contributed by atoms with Crippen molar-refractivity contribution in [1.82, 2.24) is 0 Å². The fraction of sp³-hybridized carbons (Fsp3) is 0.100. The van der Waals surface area contributed by atoms with Crippen LogP contribution in [0, 0.1) is 17.1 Å². The average Bonchev–Trinajstić information content (AvgIpc) is 2.15. The van der Waals surface area contributed by atoms with Crippen molar-refractivity contribution in [2.45, 2.75) is 6.92 Å². The normalized spacial score (nSPS) is 11.9. The van der Waals surface area contributed by atoms with Gasteiger partial charge < -0.3 is 0 Å². The molecule has 72 valence electrons. The lowest BCUT2D eigenvalue weighted by atomic mass is 10.1. The topological polar surface area (TPSA) is 23.8 Å². The van der Waals surface area contributed by atoms with E-state index in [0.717, 1.165) is 0 Å². The molecule has 0 N–H and O–H groups in total. The summed E-state index contributed by atoms with van der Waals surface area (Å²) in [6.07, 6.45) is 0. The molecule has 1 nitrogen and oxygen atoms in total. The van der Waals surface area contributed by atoms with E-state index in [1.807, 2.05) is 6.07 Å². The second-order valence-electron chi connectivity index (χ2n) is 2.67. The molecule has 0 saturated heterocycles. The van der Waals surface area contributed by atoms with Crippen molar-refractivity contribution in [2.24, 2.45) is 0 Å². The van der Waals surface area contributed by atoms with Gasteiger partial charge >= 0.3 is 0 Å². The summed E-state index contributed by atoms with van der Waals surface area (Å²) in [6, 6.07) is 6.08. The molecular formula is C10H6BrClFN. The fourth-order valence-electron chi connectivity index (χ4n) is 0.919. The number of hydrogen-bond donors (Lipinski definition) is 0. The summed E-state index contributed by atoms with van der Waals surface area (Å²) in [5.41, 5.74) is 1.02. The highest BCUT2D eigenvalue weighted by atomic mass is 79.9. The molecule has 0 atom stereocenters. The minimum Gasteiger partial charge on any atom is -0.207 e. The van der Waals surface area contributed by atoms with Crippen LogP contribution in [0.4, 0.5) is 4.39 Å². The molecule has 0 fully saturated rings. The van der Waals surface area contributed by atoms with Crippen molar-refractivity contribution < 1.29 is 4.39 Å². The van der Waals surface area contributed by atoms with Crippen LogP contribution >= 0.6 is 27.5 Å². The Hall–Kier alpha value is -0.850. The van der Waals surface area contributed by atoms with E-state index in [2.05, 4.69) is 15.9 Å². The predicted molar refractivity (Wildman–Crippen MR) is 58.2 cm³/mol. The maximum absolute atomic E-state index is 12.7. The first-order valence-electron chi connectivity index (χ1n) is 3.78. The molecule has 1 aromatic rings. The number of hydrogen-bond acceptors (Lipinski definition) is 1. The molecule has 0 bridgehead atoms. The summed E-state index contributed by atoms with van der Waals surface area (Å²) in [5, 5.41) is 8.96. The van der Waals surface area contributed by atoms with Crippen LogP contribution < -0.4 is 0 Å². The fourth-order valence-corrected chi connectivity index (χ4v) is 1.79. The lowest BCUT2D eigenvalue weighted by Crippen LogP contribution is -1.85. The lowest BCUT2D eigenvalue weighted by Gasteiger charge is -2.03. The van der Waals surface area contributed by atoms with E-state index >= 15 is 0 Å². The second-order valence-corrected chi connectivity index (χ2v) is 3.91. The third-order valence-corrected chi connectivity index (χ3v) is 2.81. The van der Waals surface area contributed by atoms with Gasteiger partial charge in [0, 0.05) is 15.6 Å². The Morgan fingerprint density at radius 3 is 2.71 bits per heavy atom. The van der Waals surface area contributed by atoms with E-state index in [9.17, 15) is 4.39 Å². The van der Waals surface area contributed by atoms with Crippen molar-refractivity contribution in [3.63, 3.8) is 0 Å². The van der Waals surface area contributed by atoms with Crippen molar-refractivity contribution in [2.75, 3.05) is 0 Å². The van der Waals surface area contributed by atoms with Crippen LogP contribution in [0.25, 0.3) is 5.03 Å². The minimum absolute atomic E-state index is 0.333. The minimum atomic E-state index is -0.347. The predicted octanol–water partition coefficient (Wildman–Crippen LogP) is 4.08. The van der Waals surface area contributed by atoms with E-state index in [4.69, 9.17) is 16.9 Å². The Morgan fingerprint density at radius 2 is 2.21 bits per heavy atom. The molecule has 0 aromatic heterocycles. The monoisotopic (exact) mass is 273 g/mol. The molecule has 0 heterocycles. The van der Waals surface area contributed by atoms with Crippen molar-refractivity contribution >= 4 is 32.6 Å². The number of nitrogens with zero attached hydrogens (tertiary/aromatic N) is 1. The highest BCUT2D eigenvalue weighted by Crippen LogP contribution is 2.29. The molecule has 0 unspecified atom stereocenters. The third-order valence-electron chi connectivity index (χ3n) is 1.66. The van der Waals surface area contributed by atoms with Gasteiger partial charge in [-0.3, -0.25) is 0 Å². The molecule has 0 aliphatic carbocycles. The Kier molecular flexibility index (Phi) is 3.68. The second kappa shape index (κ2) is 4.59. The van der Waals surface area contributed by atoms with E-state index in [1.54, 1.807) is 6.92 Å². The molecule has 0 spiro atoms. The van der Waals surface area contributed by atoms with Gasteiger partial charge in [-0.15, -0.1) is 0 Å². The van der Waals surface area contributed by atoms with Gasteiger partial charge in [-0.1, -0.05) is 27.5 Å². The summed E-state index contributed by atoms with van der Waals surface area (Å²) in [4.78, 5) is 0. The van der Waals surface area contributed by atoms with Gasteiger partial charge in [0.05, 0.1) is 11.1 Å². The third kappa shape index (κ3) is 2.34. The van der Waals surface area contributed by atoms with Gasteiger partial charge in [0.25, 0.3) is 0 Å². The first-order chi connectivity index (χ1) is 6.56. The standard InChI is InChI=1S/C10H6BrClFN/c1-6(5-14)10(12)8-3-2-7(13)4-9(8)11/h2-4H,1H3. The van der Waals surface area contributed by atoms with E-state index in [1.165, 1.54) is 18.2 Å². The van der Waals surface area contributed by atoms with Crippen LogP contribution in [0.1, 0.15) is 12.5 Å². The van der Waals surface area contributed by atoms with Crippen molar-refractivity contribution in [3.05, 3.63) is 39.6 Å². The highest BCUT2D eigenvalue weighted by Gasteiger charge is 2.07. The number of benzene rings is 1. The van der Waals surface area contributed by atoms with Gasteiger partial charge in [-0.2, -0.15) is 5.26 Å². The van der Waals surface area contributed by atoms with Gasteiger partial charge in [0.1, 0.15) is 5.82 Å². The van der Waals surface area contributed by atoms with E-state index < -0.39 is 0 Å². The van der Waals surface area contributed by atoms with Gasteiger partial charge in [0.15, 0.2) is 0 Å². The summed E-state index contributed by atoms with van der Waals surface area (Å²) in [5.74, 6) is -0.347. The van der Waals surface area contributed by atoms with Crippen LogP contribution in [-0.4, -0.2) is 0 Å². The zero-order valence-corrected chi connectivity index (χ0v) is 9.66. The lowest BCUT2D eigenvalue weighted by molar-refractivity contribution is 0.627. The summed E-state index contributed by atoms with van der Waals surface area (Å²) in [7, 11) is 0. The van der Waals surface area contributed by atoms with Gasteiger partial charge in [0.2, 0.25) is 0 Å². The molecule has 0 saturated carbocycles. The van der Waals surface area contributed by atoms with E-state index in [-0.39, 0.29) is 5.82 Å². The molecule has 14 heavy (non-hydrogen) atoms. The first-order valence-corrected chi connectivity index (χ1v) is 4.95. The molecule has 1 rings (SSSR count). The summed E-state index contributed by atoms with van der Waals surface area (Å²) in [6.45, 7) is 1.61. The van der Waals surface area contributed by atoms with Crippen LogP contribution in [0.3, 0.4) is 0 Å². The first kappa shape index (κ1) is 11.2. The Balaban J connectivity index is 3.29. The number of nitriles is 1. The zero-order chi connectivity index (χ0) is 10.7. The molecule has 4 heteroatoms. The summed E-state index contributed by atoms with van der Waals surface area (Å²) < 4.78 is 13.3. The number of allylic oxidation sites excluding steroid dienone is 1. The number of halogens is 3. The van der Waals surface area contributed by atoms with E-state index in [0.29, 0.717) is 20.6 Å². The molecule has 1 aromatic carbocycles. The molecular weight excluding hydrogens is 268 g/mol.